The quantitative estimate of drug-likeness (QED) is 0.904. The number of rotatable bonds is 4. The molecule has 3 rings (SSSR count). The highest BCUT2D eigenvalue weighted by Gasteiger charge is 2.37. The molecule has 2 heterocycles. The summed E-state index contributed by atoms with van der Waals surface area (Å²) in [4.78, 5) is 7.09. The van der Waals surface area contributed by atoms with Gasteiger partial charge in [-0.3, -0.25) is 4.90 Å². The maximum atomic E-state index is 5.75. The average Bonchev–Trinajstić information content (AvgIpc) is 3.18. The number of hydrogen-bond acceptors (Lipinski definition) is 4. The standard InChI is InChI=1S/C15H25N3O/c1-4-13-7-16-14(12-5-6-12)8-18(13)9-15-17-10(2)11(3)19-15/h12-14,16H,4-9H2,1-3H3. The maximum Gasteiger partial charge on any atom is 0.208 e. The molecule has 4 heteroatoms. The van der Waals surface area contributed by atoms with Crippen LogP contribution in [0.15, 0.2) is 4.42 Å². The Balaban J connectivity index is 1.68. The van der Waals surface area contributed by atoms with E-state index in [0.29, 0.717) is 12.1 Å². The van der Waals surface area contributed by atoms with Gasteiger partial charge in [0.25, 0.3) is 0 Å². The van der Waals surface area contributed by atoms with Gasteiger partial charge >= 0.3 is 0 Å². The van der Waals surface area contributed by atoms with Gasteiger partial charge in [0.05, 0.1) is 12.2 Å². The lowest BCUT2D eigenvalue weighted by Gasteiger charge is -2.39. The van der Waals surface area contributed by atoms with Gasteiger partial charge in [-0.1, -0.05) is 6.92 Å². The minimum absolute atomic E-state index is 0.613. The number of aryl methyl sites for hydroxylation is 2. The zero-order valence-corrected chi connectivity index (χ0v) is 12.3. The third-order valence-electron chi connectivity index (χ3n) is 4.64. The predicted octanol–water partition coefficient (Wildman–Crippen LogP) is 2.25. The van der Waals surface area contributed by atoms with E-state index in [2.05, 4.69) is 22.1 Å². The van der Waals surface area contributed by atoms with Crippen LogP contribution in [-0.2, 0) is 6.54 Å². The number of nitrogens with one attached hydrogen (secondary N) is 1. The number of piperazine rings is 1. The van der Waals surface area contributed by atoms with E-state index in [0.717, 1.165) is 42.9 Å². The molecule has 2 fully saturated rings. The van der Waals surface area contributed by atoms with E-state index >= 15 is 0 Å². The monoisotopic (exact) mass is 263 g/mol. The first-order valence-electron chi connectivity index (χ1n) is 7.57. The molecular formula is C15H25N3O. The van der Waals surface area contributed by atoms with Gasteiger partial charge in [-0.25, -0.2) is 4.98 Å². The molecule has 19 heavy (non-hydrogen) atoms. The molecule has 2 unspecified atom stereocenters. The van der Waals surface area contributed by atoms with Crippen LogP contribution < -0.4 is 5.32 Å². The van der Waals surface area contributed by atoms with Crippen LogP contribution in [0.5, 0.6) is 0 Å². The number of aromatic nitrogens is 1. The fourth-order valence-electron chi connectivity index (χ4n) is 3.07. The molecule has 2 aliphatic rings. The van der Waals surface area contributed by atoms with E-state index in [1.165, 1.54) is 19.3 Å². The van der Waals surface area contributed by atoms with Crippen molar-refractivity contribution in [3.63, 3.8) is 0 Å². The van der Waals surface area contributed by atoms with Crippen LogP contribution in [-0.4, -0.2) is 35.1 Å². The van der Waals surface area contributed by atoms with Crippen molar-refractivity contribution in [1.29, 1.82) is 0 Å². The van der Waals surface area contributed by atoms with E-state index < -0.39 is 0 Å². The molecule has 1 saturated carbocycles. The Morgan fingerprint density at radius 3 is 2.74 bits per heavy atom. The Labute approximate surface area is 115 Å². The lowest BCUT2D eigenvalue weighted by molar-refractivity contribution is 0.101. The lowest BCUT2D eigenvalue weighted by Crippen LogP contribution is -2.56. The minimum atomic E-state index is 0.613. The molecule has 0 aromatic carbocycles. The fraction of sp³-hybridized carbons (Fsp3) is 0.800. The van der Waals surface area contributed by atoms with E-state index in [1.54, 1.807) is 0 Å². The molecule has 1 aliphatic carbocycles. The van der Waals surface area contributed by atoms with Crippen LogP contribution in [0, 0.1) is 19.8 Å². The molecule has 1 saturated heterocycles. The molecule has 0 radical (unpaired) electrons. The van der Waals surface area contributed by atoms with E-state index in [-0.39, 0.29) is 0 Å². The van der Waals surface area contributed by atoms with Gasteiger partial charge in [0, 0.05) is 25.2 Å². The summed E-state index contributed by atoms with van der Waals surface area (Å²) < 4.78 is 5.75. The van der Waals surface area contributed by atoms with Gasteiger partial charge in [-0.15, -0.1) is 0 Å². The summed E-state index contributed by atoms with van der Waals surface area (Å²) in [6, 6.07) is 1.29. The van der Waals surface area contributed by atoms with Crippen LogP contribution in [0.1, 0.15) is 43.5 Å². The molecule has 4 nitrogen and oxygen atoms in total. The number of nitrogens with zero attached hydrogens (tertiary/aromatic N) is 2. The Hall–Kier alpha value is -0.870. The summed E-state index contributed by atoms with van der Waals surface area (Å²) in [5.74, 6) is 2.75. The van der Waals surface area contributed by atoms with Gasteiger partial charge in [0.15, 0.2) is 0 Å². The normalized spacial score (nSPS) is 28.8. The average molecular weight is 263 g/mol. The van der Waals surface area contributed by atoms with Crippen LogP contribution in [0.2, 0.25) is 0 Å². The summed E-state index contributed by atoms with van der Waals surface area (Å²) >= 11 is 0. The molecule has 0 spiro atoms. The first kappa shape index (κ1) is 13.1. The fourth-order valence-corrected chi connectivity index (χ4v) is 3.07. The Kier molecular flexibility index (Phi) is 3.63. The van der Waals surface area contributed by atoms with Gasteiger partial charge in [0.2, 0.25) is 5.89 Å². The maximum absolute atomic E-state index is 5.75. The second-order valence-corrected chi connectivity index (χ2v) is 6.09. The molecule has 1 aromatic heterocycles. The topological polar surface area (TPSA) is 41.3 Å². The third kappa shape index (κ3) is 2.84. The van der Waals surface area contributed by atoms with Gasteiger partial charge in [-0.2, -0.15) is 0 Å². The van der Waals surface area contributed by atoms with Gasteiger partial charge < -0.3 is 9.73 Å². The van der Waals surface area contributed by atoms with Gasteiger partial charge in [0.1, 0.15) is 5.76 Å². The molecular weight excluding hydrogens is 238 g/mol. The Morgan fingerprint density at radius 1 is 1.37 bits per heavy atom. The SMILES string of the molecule is CCC1CNC(C2CC2)CN1Cc1nc(C)c(C)o1. The van der Waals surface area contributed by atoms with Crippen LogP contribution >= 0.6 is 0 Å². The Morgan fingerprint density at radius 2 is 2.16 bits per heavy atom. The lowest BCUT2D eigenvalue weighted by atomic mass is 10.0. The van der Waals surface area contributed by atoms with Crippen molar-refractivity contribution in [1.82, 2.24) is 15.2 Å². The summed E-state index contributed by atoms with van der Waals surface area (Å²) in [6.07, 6.45) is 3.99. The minimum Gasteiger partial charge on any atom is -0.444 e. The van der Waals surface area contributed by atoms with Crippen molar-refractivity contribution in [2.24, 2.45) is 5.92 Å². The molecule has 1 N–H and O–H groups in total. The number of oxazole rings is 1. The first-order chi connectivity index (χ1) is 9.17. The smallest absolute Gasteiger partial charge is 0.208 e. The van der Waals surface area contributed by atoms with Crippen LogP contribution in [0.25, 0.3) is 0 Å². The van der Waals surface area contributed by atoms with E-state index in [1.807, 2.05) is 13.8 Å². The highest BCUT2D eigenvalue weighted by Crippen LogP contribution is 2.34. The van der Waals surface area contributed by atoms with E-state index in [4.69, 9.17) is 4.42 Å². The molecule has 0 bridgehead atoms. The zero-order chi connectivity index (χ0) is 13.4. The number of hydrogen-bond donors (Lipinski definition) is 1. The van der Waals surface area contributed by atoms with Crippen molar-refractivity contribution >= 4 is 0 Å². The largest absolute Gasteiger partial charge is 0.444 e. The highest BCUT2D eigenvalue weighted by molar-refractivity contribution is 5.06. The van der Waals surface area contributed by atoms with Crippen molar-refractivity contribution in [3.05, 3.63) is 17.3 Å². The zero-order valence-electron chi connectivity index (χ0n) is 12.3. The summed E-state index contributed by atoms with van der Waals surface area (Å²) in [5, 5.41) is 3.72. The second-order valence-electron chi connectivity index (χ2n) is 6.09. The van der Waals surface area contributed by atoms with Crippen molar-refractivity contribution in [2.75, 3.05) is 13.1 Å². The molecule has 106 valence electrons. The van der Waals surface area contributed by atoms with Crippen LogP contribution in [0.3, 0.4) is 0 Å². The molecule has 2 atom stereocenters. The first-order valence-corrected chi connectivity index (χ1v) is 7.57. The summed E-state index contributed by atoms with van der Waals surface area (Å²) in [5.41, 5.74) is 1.02. The Bertz CT molecular complexity index is 419. The third-order valence-corrected chi connectivity index (χ3v) is 4.64. The molecule has 1 aliphatic heterocycles. The van der Waals surface area contributed by atoms with Crippen molar-refractivity contribution < 1.29 is 4.42 Å². The summed E-state index contributed by atoms with van der Waals surface area (Å²) in [6.45, 7) is 9.39. The van der Waals surface area contributed by atoms with Crippen molar-refractivity contribution in [2.45, 2.75) is 58.7 Å². The van der Waals surface area contributed by atoms with Crippen molar-refractivity contribution in [3.8, 4) is 0 Å². The molecule has 1 aromatic rings. The predicted molar refractivity (Wildman–Crippen MR) is 75.0 cm³/mol. The summed E-state index contributed by atoms with van der Waals surface area (Å²) in [7, 11) is 0. The van der Waals surface area contributed by atoms with Crippen LogP contribution in [0.4, 0.5) is 0 Å². The second kappa shape index (κ2) is 5.25. The highest BCUT2D eigenvalue weighted by atomic mass is 16.4. The van der Waals surface area contributed by atoms with Gasteiger partial charge in [-0.05, 0) is 39.0 Å². The van der Waals surface area contributed by atoms with E-state index in [9.17, 15) is 0 Å². The molecule has 0 amide bonds.